The maximum absolute atomic E-state index is 12.4. The van der Waals surface area contributed by atoms with Crippen molar-refractivity contribution in [3.63, 3.8) is 0 Å². The second kappa shape index (κ2) is 10.1. The number of aromatic nitrogens is 2. The summed E-state index contributed by atoms with van der Waals surface area (Å²) in [6.45, 7) is 2.94. The number of rotatable bonds is 7. The molecule has 0 spiro atoms. The highest BCUT2D eigenvalue weighted by molar-refractivity contribution is 7.17. The zero-order valence-corrected chi connectivity index (χ0v) is 18.8. The Morgan fingerprint density at radius 1 is 1.16 bits per heavy atom. The molecule has 2 aromatic rings. The van der Waals surface area contributed by atoms with Crippen LogP contribution in [0, 0.1) is 5.92 Å². The lowest BCUT2D eigenvalue weighted by Crippen LogP contribution is -2.38. The summed E-state index contributed by atoms with van der Waals surface area (Å²) in [5.74, 6) is -0.872. The number of hydrogen-bond donors (Lipinski definition) is 1. The minimum Gasteiger partial charge on any atom is -0.462 e. The lowest BCUT2D eigenvalue weighted by molar-refractivity contribution is -0.152. The topological polar surface area (TPSA) is 111 Å². The molecule has 1 saturated heterocycles. The Morgan fingerprint density at radius 2 is 1.91 bits per heavy atom. The van der Waals surface area contributed by atoms with Gasteiger partial charge >= 0.3 is 11.9 Å². The fraction of sp³-hybridized carbons (Fsp3) is 0.500. The van der Waals surface area contributed by atoms with Gasteiger partial charge in [-0.25, -0.2) is 14.8 Å². The SMILES string of the molecule is CCOC(=O)c1c(NC(=O)COC(=O)C2CCN(c3ncccn3)CC2)sc2c1CCC2. The molecule has 0 radical (unpaired) electrons. The molecule has 2 aliphatic rings. The molecule has 1 fully saturated rings. The van der Waals surface area contributed by atoms with E-state index in [1.54, 1.807) is 25.4 Å². The van der Waals surface area contributed by atoms with Crippen molar-refractivity contribution in [1.29, 1.82) is 0 Å². The Labute approximate surface area is 190 Å². The minimum atomic E-state index is -0.459. The first-order valence-corrected chi connectivity index (χ1v) is 11.7. The van der Waals surface area contributed by atoms with Crippen LogP contribution in [0.4, 0.5) is 10.9 Å². The number of nitrogens with one attached hydrogen (secondary N) is 1. The van der Waals surface area contributed by atoms with E-state index in [2.05, 4.69) is 15.3 Å². The molecule has 0 atom stereocenters. The van der Waals surface area contributed by atoms with Crippen molar-refractivity contribution in [2.24, 2.45) is 5.92 Å². The van der Waals surface area contributed by atoms with Crippen LogP contribution in [0.2, 0.25) is 0 Å². The molecule has 10 heteroatoms. The maximum Gasteiger partial charge on any atom is 0.341 e. The fourth-order valence-corrected chi connectivity index (χ4v) is 5.39. The number of hydrogen-bond acceptors (Lipinski definition) is 9. The molecule has 0 unspecified atom stereocenters. The Bertz CT molecular complexity index is 986. The minimum absolute atomic E-state index is 0.261. The van der Waals surface area contributed by atoms with Crippen LogP contribution < -0.4 is 10.2 Å². The number of esters is 2. The maximum atomic E-state index is 12.4. The third kappa shape index (κ3) is 4.90. The van der Waals surface area contributed by atoms with Gasteiger partial charge in [0.05, 0.1) is 18.1 Å². The van der Waals surface area contributed by atoms with Crippen LogP contribution in [-0.2, 0) is 31.9 Å². The quantitative estimate of drug-likeness (QED) is 0.631. The van der Waals surface area contributed by atoms with Gasteiger partial charge in [-0.15, -0.1) is 11.3 Å². The summed E-state index contributed by atoms with van der Waals surface area (Å²) in [5.41, 5.74) is 1.41. The zero-order chi connectivity index (χ0) is 22.5. The Kier molecular flexibility index (Phi) is 6.99. The molecule has 1 aliphatic heterocycles. The number of carbonyl (C=O) groups excluding carboxylic acids is 3. The van der Waals surface area contributed by atoms with E-state index < -0.39 is 11.9 Å². The molecule has 32 heavy (non-hydrogen) atoms. The van der Waals surface area contributed by atoms with E-state index in [-0.39, 0.29) is 25.1 Å². The fourth-order valence-electron chi connectivity index (χ4n) is 4.10. The summed E-state index contributed by atoms with van der Waals surface area (Å²) >= 11 is 1.40. The molecule has 0 bridgehead atoms. The molecule has 0 saturated carbocycles. The van der Waals surface area contributed by atoms with Gasteiger partial charge in [0.15, 0.2) is 6.61 Å². The van der Waals surface area contributed by atoms with E-state index in [1.165, 1.54) is 11.3 Å². The summed E-state index contributed by atoms with van der Waals surface area (Å²) in [7, 11) is 0. The van der Waals surface area contributed by atoms with Crippen LogP contribution in [0.3, 0.4) is 0 Å². The van der Waals surface area contributed by atoms with E-state index in [9.17, 15) is 14.4 Å². The molecule has 9 nitrogen and oxygen atoms in total. The predicted octanol–water partition coefficient (Wildman–Crippen LogP) is 2.60. The summed E-state index contributed by atoms with van der Waals surface area (Å²) in [4.78, 5) is 48.9. The molecule has 1 N–H and O–H groups in total. The average molecular weight is 459 g/mol. The van der Waals surface area contributed by atoms with Crippen LogP contribution in [0.5, 0.6) is 0 Å². The third-order valence-corrected chi connectivity index (χ3v) is 6.87. The molecule has 2 aromatic heterocycles. The van der Waals surface area contributed by atoms with E-state index in [1.807, 2.05) is 4.90 Å². The number of anilines is 2. The van der Waals surface area contributed by atoms with Crippen LogP contribution in [0.15, 0.2) is 18.5 Å². The van der Waals surface area contributed by atoms with Crippen molar-refractivity contribution in [2.75, 3.05) is 36.5 Å². The Hall–Kier alpha value is -3.01. The molecular formula is C22H26N4O5S. The third-order valence-electron chi connectivity index (χ3n) is 5.66. The Morgan fingerprint density at radius 3 is 2.62 bits per heavy atom. The van der Waals surface area contributed by atoms with Gasteiger partial charge in [0.2, 0.25) is 5.95 Å². The van der Waals surface area contributed by atoms with Gasteiger partial charge in [0, 0.05) is 30.4 Å². The molecule has 4 rings (SSSR count). The number of amides is 1. The van der Waals surface area contributed by atoms with Gasteiger partial charge in [-0.2, -0.15) is 0 Å². The highest BCUT2D eigenvalue weighted by Crippen LogP contribution is 2.39. The van der Waals surface area contributed by atoms with Gasteiger partial charge in [-0.05, 0) is 50.7 Å². The number of piperidine rings is 1. The number of nitrogens with zero attached hydrogens (tertiary/aromatic N) is 3. The van der Waals surface area contributed by atoms with Gasteiger partial charge in [-0.3, -0.25) is 9.59 Å². The standard InChI is InChI=1S/C22H26N4O5S/c1-2-30-21(29)18-15-5-3-6-16(15)32-19(18)25-17(27)13-31-20(28)14-7-11-26(12-8-14)22-23-9-4-10-24-22/h4,9-10,14H,2-3,5-8,11-13H2,1H3,(H,25,27). The van der Waals surface area contributed by atoms with E-state index in [0.29, 0.717) is 42.4 Å². The van der Waals surface area contributed by atoms with Gasteiger partial charge in [-0.1, -0.05) is 0 Å². The summed E-state index contributed by atoms with van der Waals surface area (Å²) in [5, 5.41) is 3.22. The second-order valence-corrected chi connectivity index (χ2v) is 8.85. The number of ether oxygens (including phenoxy) is 2. The number of carbonyl (C=O) groups is 3. The van der Waals surface area contributed by atoms with Crippen molar-refractivity contribution in [1.82, 2.24) is 9.97 Å². The van der Waals surface area contributed by atoms with Crippen LogP contribution >= 0.6 is 11.3 Å². The summed E-state index contributed by atoms with van der Waals surface area (Å²) < 4.78 is 10.4. The molecule has 1 amide bonds. The second-order valence-electron chi connectivity index (χ2n) is 7.75. The highest BCUT2D eigenvalue weighted by atomic mass is 32.1. The largest absolute Gasteiger partial charge is 0.462 e. The van der Waals surface area contributed by atoms with E-state index in [4.69, 9.17) is 9.47 Å². The highest BCUT2D eigenvalue weighted by Gasteiger charge is 2.30. The summed E-state index contributed by atoms with van der Waals surface area (Å²) in [6, 6.07) is 1.76. The van der Waals surface area contributed by atoms with Crippen molar-refractivity contribution in [3.8, 4) is 0 Å². The van der Waals surface area contributed by atoms with Crippen LogP contribution in [-0.4, -0.2) is 54.1 Å². The van der Waals surface area contributed by atoms with Gasteiger partial charge in [0.25, 0.3) is 5.91 Å². The first kappa shape index (κ1) is 22.2. The van der Waals surface area contributed by atoms with E-state index >= 15 is 0 Å². The van der Waals surface area contributed by atoms with E-state index in [0.717, 1.165) is 29.7 Å². The average Bonchev–Trinajstić information content (AvgIpc) is 3.39. The number of fused-ring (bicyclic) bond motifs is 1. The van der Waals surface area contributed by atoms with Crippen molar-refractivity contribution in [3.05, 3.63) is 34.5 Å². The smallest absolute Gasteiger partial charge is 0.341 e. The normalized spacial score (nSPS) is 15.8. The molecule has 1 aliphatic carbocycles. The predicted molar refractivity (Wildman–Crippen MR) is 119 cm³/mol. The van der Waals surface area contributed by atoms with Gasteiger partial charge in [0.1, 0.15) is 5.00 Å². The zero-order valence-electron chi connectivity index (χ0n) is 18.0. The molecule has 0 aromatic carbocycles. The van der Waals surface area contributed by atoms with Crippen molar-refractivity contribution < 1.29 is 23.9 Å². The molecular weight excluding hydrogens is 432 g/mol. The lowest BCUT2D eigenvalue weighted by atomic mass is 9.97. The molecule has 3 heterocycles. The van der Waals surface area contributed by atoms with Crippen LogP contribution in [0.1, 0.15) is 47.0 Å². The number of aryl methyl sites for hydroxylation is 1. The lowest BCUT2D eigenvalue weighted by Gasteiger charge is -2.30. The monoisotopic (exact) mass is 458 g/mol. The molecule has 170 valence electrons. The first-order valence-electron chi connectivity index (χ1n) is 10.9. The van der Waals surface area contributed by atoms with Crippen molar-refractivity contribution >= 4 is 40.1 Å². The van der Waals surface area contributed by atoms with Crippen molar-refractivity contribution in [2.45, 2.75) is 39.0 Å². The van der Waals surface area contributed by atoms with Gasteiger partial charge < -0.3 is 19.7 Å². The first-order chi connectivity index (χ1) is 15.6. The Balaban J connectivity index is 1.28. The summed E-state index contributed by atoms with van der Waals surface area (Å²) in [6.07, 6.45) is 7.30. The number of thiophene rings is 1. The van der Waals surface area contributed by atoms with Crippen LogP contribution in [0.25, 0.3) is 0 Å².